The number of fused-ring (bicyclic) bond motifs is 4. The van der Waals surface area contributed by atoms with E-state index >= 15 is 0 Å². The predicted molar refractivity (Wildman–Crippen MR) is 135 cm³/mol. The van der Waals surface area contributed by atoms with Crippen molar-refractivity contribution >= 4 is 33.2 Å². The number of rotatable bonds is 4. The zero-order valence-electron chi connectivity index (χ0n) is 19.1. The van der Waals surface area contributed by atoms with Crippen molar-refractivity contribution in [3.8, 4) is 0 Å². The highest BCUT2D eigenvalue weighted by atomic mass is 16.1. The van der Waals surface area contributed by atoms with Crippen LogP contribution in [0.5, 0.6) is 0 Å². The lowest BCUT2D eigenvalue weighted by Crippen LogP contribution is -2.24. The molecule has 0 fully saturated rings. The van der Waals surface area contributed by atoms with Crippen LogP contribution >= 0.6 is 0 Å². The molecule has 166 valence electrons. The maximum absolute atomic E-state index is 13.9. The third-order valence-electron chi connectivity index (χ3n) is 6.29. The van der Waals surface area contributed by atoms with Crippen LogP contribution < -0.4 is 5.56 Å². The van der Waals surface area contributed by atoms with Gasteiger partial charge in [-0.05, 0) is 37.1 Å². The first kappa shape index (κ1) is 20.3. The summed E-state index contributed by atoms with van der Waals surface area (Å²) in [4.78, 5) is 28.6. The van der Waals surface area contributed by atoms with Gasteiger partial charge < -0.3 is 4.57 Å². The summed E-state index contributed by atoms with van der Waals surface area (Å²) >= 11 is 0. The van der Waals surface area contributed by atoms with E-state index in [-0.39, 0.29) is 5.56 Å². The van der Waals surface area contributed by atoms with Gasteiger partial charge in [-0.15, -0.1) is 0 Å². The molecule has 0 saturated carbocycles. The average Bonchev–Trinajstić information content (AvgIpc) is 3.14. The van der Waals surface area contributed by atoms with Gasteiger partial charge in [0.2, 0.25) is 0 Å². The van der Waals surface area contributed by atoms with E-state index in [1.807, 2.05) is 54.0 Å². The summed E-state index contributed by atoms with van der Waals surface area (Å²) in [5.74, 6) is 0.666. The number of nitrogens with zero attached hydrogens (tertiary/aromatic N) is 5. The SMILES string of the molecule is Cc1ccc(Cn2c(C)nc3c(c2=O)c2nc4ccccc4nc2n3Cc2ccccc2)cc1. The number of aryl methyl sites for hydroxylation is 2. The predicted octanol–water partition coefficient (Wildman–Crippen LogP) is 5.01. The van der Waals surface area contributed by atoms with Crippen molar-refractivity contribution in [2.24, 2.45) is 0 Å². The molecule has 0 unspecified atom stereocenters. The standard InChI is InChI=1S/C28H23N5O/c1-18-12-14-21(15-13-18)16-32-19(2)29-26-24(28(32)34)25-27(31-23-11-7-6-10-22(23)30-25)33(26)17-20-8-4-3-5-9-20/h3-15H,16-17H2,1-2H3. The van der Waals surface area contributed by atoms with Gasteiger partial charge in [0, 0.05) is 0 Å². The minimum absolute atomic E-state index is 0.0931. The van der Waals surface area contributed by atoms with Crippen molar-refractivity contribution in [2.45, 2.75) is 26.9 Å². The van der Waals surface area contributed by atoms with Gasteiger partial charge in [-0.25, -0.2) is 15.0 Å². The van der Waals surface area contributed by atoms with Gasteiger partial charge in [0.05, 0.1) is 24.1 Å². The molecular weight excluding hydrogens is 422 g/mol. The van der Waals surface area contributed by atoms with Crippen LogP contribution in [0.4, 0.5) is 0 Å². The highest BCUT2D eigenvalue weighted by Gasteiger charge is 2.21. The van der Waals surface area contributed by atoms with Gasteiger partial charge in [0.1, 0.15) is 16.7 Å². The molecule has 6 nitrogen and oxygen atoms in total. The minimum Gasteiger partial charge on any atom is -0.304 e. The second-order valence-electron chi connectivity index (χ2n) is 8.69. The van der Waals surface area contributed by atoms with E-state index in [9.17, 15) is 4.79 Å². The Kier molecular flexibility index (Phi) is 4.73. The number of para-hydroxylation sites is 2. The second-order valence-corrected chi connectivity index (χ2v) is 8.69. The summed E-state index contributed by atoms with van der Waals surface area (Å²) in [7, 11) is 0. The fraction of sp³-hybridized carbons (Fsp3) is 0.143. The Labute approximate surface area is 196 Å². The summed E-state index contributed by atoms with van der Waals surface area (Å²) < 4.78 is 3.75. The van der Waals surface area contributed by atoms with E-state index < -0.39 is 0 Å². The van der Waals surface area contributed by atoms with Crippen LogP contribution in [-0.4, -0.2) is 24.1 Å². The molecule has 0 saturated heterocycles. The molecule has 0 bridgehead atoms. The van der Waals surface area contributed by atoms with Crippen LogP contribution in [0, 0.1) is 13.8 Å². The Morgan fingerprint density at radius 3 is 2.00 bits per heavy atom. The quantitative estimate of drug-likeness (QED) is 0.383. The molecule has 3 heterocycles. The number of aromatic nitrogens is 5. The zero-order chi connectivity index (χ0) is 23.2. The van der Waals surface area contributed by atoms with Crippen molar-refractivity contribution in [3.05, 3.63) is 112 Å². The number of hydrogen-bond donors (Lipinski definition) is 0. The van der Waals surface area contributed by atoms with Crippen molar-refractivity contribution in [2.75, 3.05) is 0 Å². The Morgan fingerprint density at radius 2 is 1.26 bits per heavy atom. The summed E-state index contributed by atoms with van der Waals surface area (Å²) in [6.45, 7) is 4.96. The topological polar surface area (TPSA) is 65.6 Å². The molecule has 0 aliphatic heterocycles. The summed E-state index contributed by atoms with van der Waals surface area (Å²) in [5, 5.41) is 0.516. The van der Waals surface area contributed by atoms with E-state index in [1.165, 1.54) is 5.56 Å². The second kappa shape index (κ2) is 7.92. The maximum Gasteiger partial charge on any atom is 0.265 e. The lowest BCUT2D eigenvalue weighted by molar-refractivity contribution is 0.707. The lowest BCUT2D eigenvalue weighted by atomic mass is 10.1. The highest BCUT2D eigenvalue weighted by Crippen LogP contribution is 2.26. The van der Waals surface area contributed by atoms with Crippen LogP contribution in [0.2, 0.25) is 0 Å². The Bertz CT molecular complexity index is 1730. The van der Waals surface area contributed by atoms with Crippen molar-refractivity contribution < 1.29 is 0 Å². The van der Waals surface area contributed by atoms with Gasteiger partial charge in [-0.3, -0.25) is 9.36 Å². The van der Waals surface area contributed by atoms with Crippen LogP contribution in [-0.2, 0) is 13.1 Å². The summed E-state index contributed by atoms with van der Waals surface area (Å²) in [6.07, 6.45) is 0. The fourth-order valence-electron chi connectivity index (χ4n) is 4.47. The zero-order valence-corrected chi connectivity index (χ0v) is 19.1. The minimum atomic E-state index is -0.0931. The largest absolute Gasteiger partial charge is 0.304 e. The van der Waals surface area contributed by atoms with Crippen LogP contribution in [0.25, 0.3) is 33.2 Å². The van der Waals surface area contributed by atoms with E-state index in [4.69, 9.17) is 15.0 Å². The number of benzene rings is 3. The van der Waals surface area contributed by atoms with E-state index in [1.54, 1.807) is 4.57 Å². The molecule has 0 atom stereocenters. The molecule has 0 amide bonds. The average molecular weight is 446 g/mol. The number of hydrogen-bond acceptors (Lipinski definition) is 4. The molecule has 0 aliphatic rings. The van der Waals surface area contributed by atoms with Crippen LogP contribution in [0.1, 0.15) is 22.5 Å². The van der Waals surface area contributed by atoms with Crippen molar-refractivity contribution in [1.29, 1.82) is 0 Å². The van der Waals surface area contributed by atoms with Gasteiger partial charge >= 0.3 is 0 Å². The molecule has 6 aromatic rings. The summed E-state index contributed by atoms with van der Waals surface area (Å²) in [5.41, 5.74) is 6.71. The first-order valence-electron chi connectivity index (χ1n) is 11.3. The smallest absolute Gasteiger partial charge is 0.265 e. The molecule has 0 N–H and O–H groups in total. The van der Waals surface area contributed by atoms with Gasteiger partial charge in [-0.1, -0.05) is 72.3 Å². The van der Waals surface area contributed by atoms with Crippen molar-refractivity contribution in [3.63, 3.8) is 0 Å². The third-order valence-corrected chi connectivity index (χ3v) is 6.29. The Hall–Kier alpha value is -4.32. The van der Waals surface area contributed by atoms with E-state index in [2.05, 4.69) is 43.3 Å². The normalized spacial score (nSPS) is 11.6. The first-order chi connectivity index (χ1) is 16.6. The maximum atomic E-state index is 13.9. The third kappa shape index (κ3) is 3.35. The van der Waals surface area contributed by atoms with Gasteiger partial charge in [-0.2, -0.15) is 0 Å². The molecule has 0 spiro atoms. The lowest BCUT2D eigenvalue weighted by Gasteiger charge is -2.11. The Morgan fingerprint density at radius 1 is 0.647 bits per heavy atom. The molecule has 3 aromatic heterocycles. The molecule has 0 aliphatic carbocycles. The first-order valence-corrected chi connectivity index (χ1v) is 11.3. The summed E-state index contributed by atoms with van der Waals surface area (Å²) in [6, 6.07) is 26.1. The molecule has 6 heteroatoms. The van der Waals surface area contributed by atoms with Gasteiger partial charge in [0.15, 0.2) is 11.3 Å². The molecule has 3 aromatic carbocycles. The monoisotopic (exact) mass is 445 g/mol. The molecule has 0 radical (unpaired) electrons. The van der Waals surface area contributed by atoms with Crippen molar-refractivity contribution in [1.82, 2.24) is 24.1 Å². The van der Waals surface area contributed by atoms with E-state index in [0.717, 1.165) is 22.2 Å². The Balaban J connectivity index is 1.64. The van der Waals surface area contributed by atoms with Crippen LogP contribution in [0.3, 0.4) is 0 Å². The molecule has 6 rings (SSSR count). The molecular formula is C28H23N5O. The fourth-order valence-corrected chi connectivity index (χ4v) is 4.47. The van der Waals surface area contributed by atoms with Gasteiger partial charge in [0.25, 0.3) is 5.56 Å². The molecule has 34 heavy (non-hydrogen) atoms. The highest BCUT2D eigenvalue weighted by molar-refractivity contribution is 6.04. The van der Waals surface area contributed by atoms with Crippen LogP contribution in [0.15, 0.2) is 83.7 Å². The van der Waals surface area contributed by atoms with E-state index in [0.29, 0.717) is 41.1 Å².